The highest BCUT2D eigenvalue weighted by Gasteiger charge is 2.09. The summed E-state index contributed by atoms with van der Waals surface area (Å²) in [6, 6.07) is 9.28. The summed E-state index contributed by atoms with van der Waals surface area (Å²) in [6.45, 7) is 0. The zero-order valence-electron chi connectivity index (χ0n) is 7.27. The third-order valence-electron chi connectivity index (χ3n) is 1.97. The molecule has 0 saturated carbocycles. The zero-order chi connectivity index (χ0) is 9.97. The lowest BCUT2D eigenvalue weighted by Gasteiger charge is -1.84. The minimum atomic E-state index is -0.344. The van der Waals surface area contributed by atoms with Gasteiger partial charge in [-0.2, -0.15) is 4.79 Å². The van der Waals surface area contributed by atoms with Crippen molar-refractivity contribution in [3.05, 3.63) is 41.6 Å². The van der Waals surface area contributed by atoms with E-state index in [1.165, 1.54) is 0 Å². The first kappa shape index (κ1) is 8.41. The van der Waals surface area contributed by atoms with Gasteiger partial charge in [-0.05, 0) is 12.1 Å². The van der Waals surface area contributed by atoms with E-state index in [0.717, 1.165) is 17.1 Å². The smallest absolute Gasteiger partial charge is 0.329 e. The summed E-state index contributed by atoms with van der Waals surface area (Å²) in [7, 11) is 0. The molecule has 68 valence electrons. The monoisotopic (exact) mass is 185 g/mol. The first-order valence-electron chi connectivity index (χ1n) is 4.11. The van der Waals surface area contributed by atoms with Crippen molar-refractivity contribution in [3.8, 4) is 0 Å². The van der Waals surface area contributed by atoms with E-state index in [1.54, 1.807) is 6.07 Å². The molecule has 0 aliphatic heterocycles. The van der Waals surface area contributed by atoms with Crippen LogP contribution < -0.4 is 0 Å². The molecule has 0 spiro atoms. The van der Waals surface area contributed by atoms with E-state index in [0.29, 0.717) is 5.69 Å². The van der Waals surface area contributed by atoms with Gasteiger partial charge in [-0.1, -0.05) is 18.2 Å². The molecule has 0 saturated heterocycles. The molecule has 1 aromatic carbocycles. The molecule has 0 radical (unpaired) electrons. The Hall–Kier alpha value is -2.19. The molecule has 4 heteroatoms. The Morgan fingerprint density at radius 1 is 1.43 bits per heavy atom. The maximum atomic E-state index is 11.3. The second-order valence-corrected chi connectivity index (χ2v) is 2.88. The Labute approximate surface area is 79.8 Å². The number of benzene rings is 1. The second kappa shape index (κ2) is 3.28. The van der Waals surface area contributed by atoms with Gasteiger partial charge >= 0.3 is 6.21 Å². The number of ketones is 1. The molecule has 1 aromatic heterocycles. The highest BCUT2D eigenvalue weighted by Crippen LogP contribution is 2.14. The fourth-order valence-corrected chi connectivity index (χ4v) is 1.33. The average Bonchev–Trinajstić information content (AvgIpc) is 2.61. The predicted molar refractivity (Wildman–Crippen MR) is 52.3 cm³/mol. The molecule has 0 aliphatic rings. The van der Waals surface area contributed by atoms with Crippen molar-refractivity contribution >= 4 is 22.9 Å². The van der Waals surface area contributed by atoms with Crippen LogP contribution in [0.25, 0.3) is 16.4 Å². The lowest BCUT2D eigenvalue weighted by Crippen LogP contribution is -2.00. The van der Waals surface area contributed by atoms with Crippen molar-refractivity contribution in [2.75, 3.05) is 0 Å². The van der Waals surface area contributed by atoms with E-state index in [9.17, 15) is 4.79 Å². The van der Waals surface area contributed by atoms with Gasteiger partial charge in [-0.15, -0.1) is 0 Å². The van der Waals surface area contributed by atoms with Gasteiger partial charge < -0.3 is 10.5 Å². The Kier molecular flexibility index (Phi) is 1.97. The van der Waals surface area contributed by atoms with E-state index >= 15 is 0 Å². The van der Waals surface area contributed by atoms with Crippen LogP contribution in [-0.2, 0) is 0 Å². The standard InChI is InChI=1S/C10H7N3O/c11-12-6-10(14)9-5-7-3-1-2-4-8(7)13-9/h1-6,13H. The number of aromatic nitrogens is 1. The fraction of sp³-hybridized carbons (Fsp3) is 0. The van der Waals surface area contributed by atoms with Gasteiger partial charge in [0.15, 0.2) is 0 Å². The molecule has 2 aromatic rings. The largest absolute Gasteiger partial charge is 0.361 e. The van der Waals surface area contributed by atoms with E-state index in [-0.39, 0.29) is 5.78 Å². The minimum absolute atomic E-state index is 0.344. The van der Waals surface area contributed by atoms with E-state index < -0.39 is 0 Å². The van der Waals surface area contributed by atoms with E-state index in [2.05, 4.69) is 9.77 Å². The van der Waals surface area contributed by atoms with Crippen LogP contribution in [0.3, 0.4) is 0 Å². The summed E-state index contributed by atoms with van der Waals surface area (Å²) >= 11 is 0. The van der Waals surface area contributed by atoms with Crippen molar-refractivity contribution in [1.29, 1.82) is 0 Å². The lowest BCUT2D eigenvalue weighted by molar-refractivity contribution is 0.00231. The fourth-order valence-electron chi connectivity index (χ4n) is 1.33. The number of nitrogens with one attached hydrogen (secondary N) is 1. The Balaban J connectivity index is 2.55. The molecule has 0 unspecified atom stereocenters. The van der Waals surface area contributed by atoms with Crippen molar-refractivity contribution in [1.82, 2.24) is 4.98 Å². The third-order valence-corrected chi connectivity index (χ3v) is 1.97. The number of H-pyrrole nitrogens is 1. The SMILES string of the molecule is [N-]=[N+]=CC(=O)c1cc2ccccc2[nH]1. The zero-order valence-corrected chi connectivity index (χ0v) is 7.27. The number of carbonyl (C=O) groups is 1. The molecule has 1 N–H and O–H groups in total. The van der Waals surface area contributed by atoms with Crippen LogP contribution in [0, 0.1) is 0 Å². The van der Waals surface area contributed by atoms with Gasteiger partial charge in [0.25, 0.3) is 5.78 Å². The van der Waals surface area contributed by atoms with Crippen molar-refractivity contribution < 1.29 is 9.58 Å². The second-order valence-electron chi connectivity index (χ2n) is 2.88. The quantitative estimate of drug-likeness (QED) is 0.328. The number of carbonyl (C=O) groups excluding carboxylic acids is 1. The molecule has 4 nitrogen and oxygen atoms in total. The average molecular weight is 185 g/mol. The summed E-state index contributed by atoms with van der Waals surface area (Å²) in [6.07, 6.45) is 0.866. The van der Waals surface area contributed by atoms with Crippen LogP contribution in [0.5, 0.6) is 0 Å². The molecular formula is C10H7N3O. The van der Waals surface area contributed by atoms with Crippen LogP contribution in [-0.4, -0.2) is 21.8 Å². The molecule has 0 fully saturated rings. The summed E-state index contributed by atoms with van der Waals surface area (Å²) in [5.41, 5.74) is 9.52. The van der Waals surface area contributed by atoms with Crippen LogP contribution in [0.15, 0.2) is 30.3 Å². The summed E-state index contributed by atoms with van der Waals surface area (Å²) in [4.78, 5) is 16.9. The highest BCUT2D eigenvalue weighted by atomic mass is 16.1. The molecular weight excluding hydrogens is 178 g/mol. The van der Waals surface area contributed by atoms with Gasteiger partial charge in [0.1, 0.15) is 0 Å². The van der Waals surface area contributed by atoms with E-state index in [1.807, 2.05) is 24.3 Å². The number of hydrogen-bond donors (Lipinski definition) is 1. The van der Waals surface area contributed by atoms with Gasteiger partial charge in [0.05, 0.1) is 5.69 Å². The summed E-state index contributed by atoms with van der Waals surface area (Å²) in [5, 5.41) is 0.960. The number of fused-ring (bicyclic) bond motifs is 1. The van der Waals surface area contributed by atoms with Crippen LogP contribution in [0.2, 0.25) is 0 Å². The molecule has 2 rings (SSSR count). The summed E-state index contributed by atoms with van der Waals surface area (Å²) in [5.74, 6) is -0.344. The number of nitrogens with zero attached hydrogens (tertiary/aromatic N) is 2. The molecule has 0 bridgehead atoms. The maximum absolute atomic E-state index is 11.3. The van der Waals surface area contributed by atoms with Crippen molar-refractivity contribution in [3.63, 3.8) is 0 Å². The Morgan fingerprint density at radius 3 is 2.93 bits per heavy atom. The molecule has 0 aliphatic carbocycles. The topological polar surface area (TPSA) is 69.3 Å². The predicted octanol–water partition coefficient (Wildman–Crippen LogP) is 1.65. The highest BCUT2D eigenvalue weighted by molar-refractivity contribution is 6.33. The van der Waals surface area contributed by atoms with E-state index in [4.69, 9.17) is 5.53 Å². The third kappa shape index (κ3) is 1.34. The maximum Gasteiger partial charge on any atom is 0.329 e. The van der Waals surface area contributed by atoms with Gasteiger partial charge in [-0.3, -0.25) is 4.79 Å². The van der Waals surface area contributed by atoms with Crippen molar-refractivity contribution in [2.45, 2.75) is 0 Å². The first-order chi connectivity index (χ1) is 6.81. The Morgan fingerprint density at radius 2 is 2.21 bits per heavy atom. The first-order valence-corrected chi connectivity index (χ1v) is 4.11. The van der Waals surface area contributed by atoms with Gasteiger partial charge in [0, 0.05) is 10.9 Å². The molecule has 0 atom stereocenters. The van der Waals surface area contributed by atoms with Gasteiger partial charge in [0.2, 0.25) is 0 Å². The van der Waals surface area contributed by atoms with Crippen LogP contribution >= 0.6 is 0 Å². The number of hydrogen-bond acceptors (Lipinski definition) is 1. The number of aromatic amines is 1. The molecule has 14 heavy (non-hydrogen) atoms. The lowest BCUT2D eigenvalue weighted by atomic mass is 10.2. The van der Waals surface area contributed by atoms with Crippen molar-refractivity contribution in [2.24, 2.45) is 0 Å². The molecule has 1 heterocycles. The van der Waals surface area contributed by atoms with Crippen LogP contribution in [0.1, 0.15) is 10.5 Å². The molecule has 0 amide bonds. The normalized spacial score (nSPS) is 9.71. The number of Topliss-reactive ketones (excluding diaryl/α,β-unsaturated/α-hetero) is 1. The summed E-state index contributed by atoms with van der Waals surface area (Å²) < 4.78 is 0. The minimum Gasteiger partial charge on any atom is -0.361 e. The number of rotatable bonds is 2. The number of para-hydroxylation sites is 1. The van der Waals surface area contributed by atoms with Crippen LogP contribution in [0.4, 0.5) is 0 Å². The van der Waals surface area contributed by atoms with Gasteiger partial charge in [-0.25, -0.2) is 0 Å². The Bertz CT molecular complexity index is 502.